The molecule has 5 aromatic heterocycles. The third kappa shape index (κ3) is 5.18. The van der Waals surface area contributed by atoms with Crippen molar-refractivity contribution < 1.29 is 8.83 Å². The van der Waals surface area contributed by atoms with E-state index in [4.69, 9.17) is 23.8 Å². The van der Waals surface area contributed by atoms with Gasteiger partial charge in [-0.1, -0.05) is 115 Å². The standard InChI is InChI=1S/C57H33N5O2/c1-3-13-34(14-4-1)55-58-56(35-15-5-2-6-16-35)60-57(59-55)36-23-27-52-44(29-36)45-31-38(25-28-53(45)63-52)61-47-20-10-7-17-39(47)42-30-37(24-26-49(42)61)62-48-21-11-8-18-40(48)43-33-54-46(32-50(43)62)41-19-9-12-22-51(41)64-54/h1-33H. The van der Waals surface area contributed by atoms with E-state index in [-0.39, 0.29) is 0 Å². The lowest BCUT2D eigenvalue weighted by molar-refractivity contribution is 0.668. The Balaban J connectivity index is 0.936. The minimum absolute atomic E-state index is 0.601. The number of rotatable bonds is 5. The highest BCUT2D eigenvalue weighted by atomic mass is 16.3. The van der Waals surface area contributed by atoms with Crippen LogP contribution in [-0.4, -0.2) is 24.1 Å². The first kappa shape index (κ1) is 34.9. The fraction of sp³-hybridized carbons (Fsp3) is 0. The smallest absolute Gasteiger partial charge is 0.164 e. The van der Waals surface area contributed by atoms with Crippen LogP contribution in [0.4, 0.5) is 0 Å². The Morgan fingerprint density at radius 2 is 0.719 bits per heavy atom. The number of hydrogen-bond acceptors (Lipinski definition) is 5. The summed E-state index contributed by atoms with van der Waals surface area (Å²) < 4.78 is 17.6. The molecule has 0 unspecified atom stereocenters. The molecule has 0 spiro atoms. The van der Waals surface area contributed by atoms with Crippen LogP contribution in [0.5, 0.6) is 0 Å². The van der Waals surface area contributed by atoms with Crippen molar-refractivity contribution in [2.45, 2.75) is 0 Å². The van der Waals surface area contributed by atoms with Crippen LogP contribution in [-0.2, 0) is 0 Å². The first-order valence-corrected chi connectivity index (χ1v) is 21.4. The van der Waals surface area contributed by atoms with E-state index in [1.54, 1.807) is 0 Å². The first-order valence-electron chi connectivity index (χ1n) is 21.4. The number of aromatic nitrogens is 5. The van der Waals surface area contributed by atoms with E-state index in [9.17, 15) is 0 Å². The van der Waals surface area contributed by atoms with E-state index >= 15 is 0 Å². The summed E-state index contributed by atoms with van der Waals surface area (Å²) in [4.78, 5) is 14.9. The van der Waals surface area contributed by atoms with Crippen molar-refractivity contribution in [1.82, 2.24) is 24.1 Å². The average Bonchev–Trinajstić information content (AvgIpc) is 4.10. The van der Waals surface area contributed by atoms with Gasteiger partial charge in [-0.05, 0) is 84.9 Å². The van der Waals surface area contributed by atoms with Crippen molar-refractivity contribution in [3.8, 4) is 45.5 Å². The van der Waals surface area contributed by atoms with Crippen LogP contribution in [0.25, 0.3) is 133 Å². The quantitative estimate of drug-likeness (QED) is 0.173. The molecule has 0 aliphatic carbocycles. The molecule has 5 heterocycles. The number of para-hydroxylation sites is 3. The maximum Gasteiger partial charge on any atom is 0.164 e. The van der Waals surface area contributed by atoms with Crippen molar-refractivity contribution in [3.05, 3.63) is 200 Å². The molecule has 0 radical (unpaired) electrons. The van der Waals surface area contributed by atoms with Gasteiger partial charge in [-0.25, -0.2) is 15.0 Å². The molecule has 0 fully saturated rings. The predicted molar refractivity (Wildman–Crippen MR) is 259 cm³/mol. The monoisotopic (exact) mass is 819 g/mol. The van der Waals surface area contributed by atoms with Gasteiger partial charge < -0.3 is 18.0 Å². The number of benzene rings is 9. The lowest BCUT2D eigenvalue weighted by Gasteiger charge is -2.11. The van der Waals surface area contributed by atoms with Crippen LogP contribution in [0.2, 0.25) is 0 Å². The Kier molecular flexibility index (Phi) is 7.27. The van der Waals surface area contributed by atoms with E-state index in [0.717, 1.165) is 99.4 Å². The molecule has 9 aromatic carbocycles. The maximum atomic E-state index is 6.48. The van der Waals surface area contributed by atoms with E-state index in [0.29, 0.717) is 17.5 Å². The molecule has 7 heteroatoms. The van der Waals surface area contributed by atoms with Gasteiger partial charge in [-0.3, -0.25) is 0 Å². The lowest BCUT2D eigenvalue weighted by atomic mass is 10.1. The molecule has 298 valence electrons. The summed E-state index contributed by atoms with van der Waals surface area (Å²) in [5, 5.41) is 8.95. The van der Waals surface area contributed by atoms with Crippen LogP contribution in [0.3, 0.4) is 0 Å². The second-order valence-corrected chi connectivity index (χ2v) is 16.4. The fourth-order valence-electron chi connectivity index (χ4n) is 9.82. The Labute approximate surface area is 364 Å². The topological polar surface area (TPSA) is 74.8 Å². The largest absolute Gasteiger partial charge is 0.456 e. The van der Waals surface area contributed by atoms with Crippen LogP contribution in [0.1, 0.15) is 0 Å². The minimum atomic E-state index is 0.601. The fourth-order valence-corrected chi connectivity index (χ4v) is 9.82. The Bertz CT molecular complexity index is 4140. The van der Waals surface area contributed by atoms with E-state index in [1.165, 1.54) is 16.2 Å². The first-order chi connectivity index (χ1) is 31.7. The van der Waals surface area contributed by atoms with Crippen LogP contribution in [0.15, 0.2) is 209 Å². The molecule has 0 saturated heterocycles. The number of fused-ring (bicyclic) bond motifs is 12. The van der Waals surface area contributed by atoms with Gasteiger partial charge >= 0.3 is 0 Å². The van der Waals surface area contributed by atoms with Crippen molar-refractivity contribution >= 4 is 87.5 Å². The average molecular weight is 820 g/mol. The molecule has 14 aromatic rings. The minimum Gasteiger partial charge on any atom is -0.456 e. The second-order valence-electron chi connectivity index (χ2n) is 16.4. The molecule has 0 amide bonds. The number of nitrogens with zero attached hydrogens (tertiary/aromatic N) is 5. The molecule has 0 bridgehead atoms. The van der Waals surface area contributed by atoms with Crippen molar-refractivity contribution in [2.75, 3.05) is 0 Å². The summed E-state index contributed by atoms with van der Waals surface area (Å²) in [6, 6.07) is 69.8. The zero-order valence-corrected chi connectivity index (χ0v) is 34.1. The number of hydrogen-bond donors (Lipinski definition) is 0. The summed E-state index contributed by atoms with van der Waals surface area (Å²) in [6.07, 6.45) is 0. The zero-order chi connectivity index (χ0) is 41.9. The van der Waals surface area contributed by atoms with E-state index < -0.39 is 0 Å². The van der Waals surface area contributed by atoms with Gasteiger partial charge in [0.15, 0.2) is 17.5 Å². The molecular formula is C57H33N5O2. The summed E-state index contributed by atoms with van der Waals surface area (Å²) in [6.45, 7) is 0. The number of furan rings is 2. The molecule has 7 nitrogen and oxygen atoms in total. The summed E-state index contributed by atoms with van der Waals surface area (Å²) in [7, 11) is 0. The van der Waals surface area contributed by atoms with Crippen LogP contribution < -0.4 is 0 Å². The third-order valence-corrected chi connectivity index (χ3v) is 12.8. The highest BCUT2D eigenvalue weighted by Crippen LogP contribution is 2.41. The third-order valence-electron chi connectivity index (χ3n) is 12.8. The molecule has 0 aliphatic rings. The van der Waals surface area contributed by atoms with E-state index in [1.807, 2.05) is 84.9 Å². The molecule has 14 rings (SSSR count). The van der Waals surface area contributed by atoms with Crippen molar-refractivity contribution in [3.63, 3.8) is 0 Å². The van der Waals surface area contributed by atoms with Gasteiger partial charge in [0.2, 0.25) is 0 Å². The molecule has 64 heavy (non-hydrogen) atoms. The lowest BCUT2D eigenvalue weighted by Crippen LogP contribution is -2.00. The second kappa shape index (κ2) is 13.3. The normalized spacial score (nSPS) is 12.1. The molecular weight excluding hydrogens is 787 g/mol. The maximum absolute atomic E-state index is 6.48. The predicted octanol–water partition coefficient (Wildman–Crippen LogP) is 14.9. The highest BCUT2D eigenvalue weighted by Gasteiger charge is 2.20. The van der Waals surface area contributed by atoms with Gasteiger partial charge in [-0.2, -0.15) is 0 Å². The van der Waals surface area contributed by atoms with Gasteiger partial charge in [0.25, 0.3) is 0 Å². The van der Waals surface area contributed by atoms with Gasteiger partial charge in [0.05, 0.1) is 22.1 Å². The Hall–Kier alpha value is -8.81. The molecule has 0 saturated carbocycles. The SMILES string of the molecule is c1ccc(-c2nc(-c3ccccc3)nc(-c3ccc4oc5ccc(-n6c7ccccc7c7cc(-n8c9ccccc9c9cc%10oc%11ccccc%11c%10cc98)ccc76)cc5c4c3)n2)cc1. The van der Waals surface area contributed by atoms with E-state index in [2.05, 4.69) is 124 Å². The van der Waals surface area contributed by atoms with Crippen molar-refractivity contribution in [2.24, 2.45) is 0 Å². The molecule has 0 aliphatic heterocycles. The van der Waals surface area contributed by atoms with Gasteiger partial charge in [0.1, 0.15) is 22.3 Å². The summed E-state index contributed by atoms with van der Waals surface area (Å²) >= 11 is 0. The highest BCUT2D eigenvalue weighted by molar-refractivity contribution is 6.18. The van der Waals surface area contributed by atoms with Crippen molar-refractivity contribution in [1.29, 1.82) is 0 Å². The summed E-state index contributed by atoms with van der Waals surface area (Å²) in [5.41, 5.74) is 12.8. The summed E-state index contributed by atoms with van der Waals surface area (Å²) in [5.74, 6) is 1.85. The van der Waals surface area contributed by atoms with Crippen LogP contribution in [0, 0.1) is 0 Å². The van der Waals surface area contributed by atoms with Crippen LogP contribution >= 0.6 is 0 Å². The van der Waals surface area contributed by atoms with Gasteiger partial charge in [-0.15, -0.1) is 0 Å². The Morgan fingerprint density at radius 3 is 1.41 bits per heavy atom. The Morgan fingerprint density at radius 1 is 0.266 bits per heavy atom. The molecule has 0 N–H and O–H groups in total. The zero-order valence-electron chi connectivity index (χ0n) is 34.1. The van der Waals surface area contributed by atoms with Gasteiger partial charge in [0, 0.05) is 71.2 Å². The molecule has 0 atom stereocenters.